The smallest absolute Gasteiger partial charge is 0.246 e. The van der Waals surface area contributed by atoms with Gasteiger partial charge in [-0.05, 0) is 62.5 Å². The van der Waals surface area contributed by atoms with Crippen LogP contribution in [0.2, 0.25) is 0 Å². The van der Waals surface area contributed by atoms with Crippen LogP contribution in [-0.2, 0) is 4.79 Å². The number of terminal acetylenes is 1. The Labute approximate surface area is 182 Å². The van der Waals surface area contributed by atoms with Gasteiger partial charge in [0.05, 0.1) is 6.04 Å². The van der Waals surface area contributed by atoms with E-state index in [1.54, 1.807) is 17.4 Å². The average molecular weight is 424 g/mol. The van der Waals surface area contributed by atoms with Crippen molar-refractivity contribution in [3.05, 3.63) is 52.2 Å². The highest BCUT2D eigenvalue weighted by atomic mass is 32.1. The molecule has 3 rings (SSSR count). The molecular weight excluding hydrogens is 394 g/mol. The molecule has 1 aliphatic heterocycles. The zero-order valence-corrected chi connectivity index (χ0v) is 18.2. The molecule has 2 heterocycles. The van der Waals surface area contributed by atoms with Crippen molar-refractivity contribution in [2.24, 2.45) is 4.99 Å². The van der Waals surface area contributed by atoms with E-state index < -0.39 is 0 Å². The third kappa shape index (κ3) is 6.34. The number of amides is 1. The highest BCUT2D eigenvalue weighted by molar-refractivity contribution is 7.10. The topological polar surface area (TPSA) is 68.8 Å². The summed E-state index contributed by atoms with van der Waals surface area (Å²) in [5.74, 6) is 3.03. The lowest BCUT2D eigenvalue weighted by molar-refractivity contribution is -0.114. The molecule has 30 heavy (non-hydrogen) atoms. The molecule has 0 spiro atoms. The van der Waals surface area contributed by atoms with E-state index in [1.807, 2.05) is 25.1 Å². The summed E-state index contributed by atoms with van der Waals surface area (Å²) >= 11 is 1.79. The van der Waals surface area contributed by atoms with Crippen molar-refractivity contribution in [1.82, 2.24) is 15.5 Å². The molecule has 2 aromatic rings. The lowest BCUT2D eigenvalue weighted by atomic mass is 10.2. The summed E-state index contributed by atoms with van der Waals surface area (Å²) in [7, 11) is 0. The Hall–Kier alpha value is -2.82. The van der Waals surface area contributed by atoms with Crippen LogP contribution >= 0.6 is 11.3 Å². The number of anilines is 1. The van der Waals surface area contributed by atoms with Gasteiger partial charge >= 0.3 is 0 Å². The first-order chi connectivity index (χ1) is 14.7. The van der Waals surface area contributed by atoms with E-state index in [4.69, 9.17) is 6.42 Å². The average Bonchev–Trinajstić information content (AvgIpc) is 3.47. The monoisotopic (exact) mass is 423 g/mol. The fourth-order valence-corrected chi connectivity index (χ4v) is 4.38. The highest BCUT2D eigenvalue weighted by Gasteiger charge is 2.24. The van der Waals surface area contributed by atoms with Crippen LogP contribution in [0.25, 0.3) is 0 Å². The van der Waals surface area contributed by atoms with Crippen LogP contribution in [-0.4, -0.2) is 49.5 Å². The number of nitrogens with zero attached hydrogens (tertiary/aromatic N) is 2. The van der Waals surface area contributed by atoms with E-state index in [9.17, 15) is 4.79 Å². The Kier molecular flexibility index (Phi) is 8.30. The molecule has 1 unspecified atom stereocenters. The summed E-state index contributed by atoms with van der Waals surface area (Å²) in [6, 6.07) is 11.8. The second-order valence-corrected chi connectivity index (χ2v) is 8.10. The largest absolute Gasteiger partial charge is 0.357 e. The first kappa shape index (κ1) is 21.9. The number of aliphatic imine (C=N–C) groups is 1. The first-order valence-electron chi connectivity index (χ1n) is 10.4. The van der Waals surface area contributed by atoms with E-state index in [1.165, 1.54) is 17.7 Å². The van der Waals surface area contributed by atoms with Crippen LogP contribution in [0.4, 0.5) is 5.69 Å². The molecule has 1 aliphatic rings. The lowest BCUT2D eigenvalue weighted by Crippen LogP contribution is -2.43. The maximum absolute atomic E-state index is 12.3. The number of guanidine groups is 1. The Morgan fingerprint density at radius 2 is 2.10 bits per heavy atom. The zero-order chi connectivity index (χ0) is 21.2. The molecule has 3 N–H and O–H groups in total. The number of hydrogen-bond donors (Lipinski definition) is 3. The SMILES string of the molecule is C#Cc1cccc(NC(=O)CN=C(NCC)NCC(c2cccs2)N2CCCC2)c1. The minimum absolute atomic E-state index is 0.0308. The standard InChI is InChI=1S/C23H29N5OS/c1-3-18-9-7-10-19(15-18)27-22(29)17-26-23(24-4-2)25-16-20(21-11-8-14-30-21)28-12-5-6-13-28/h1,7-11,14-15,20H,4-6,12-13,16-17H2,2H3,(H,27,29)(H2,24,25,26). The maximum atomic E-state index is 12.3. The Balaban J connectivity index is 1.59. The van der Waals surface area contributed by atoms with E-state index in [0.717, 1.165) is 31.7 Å². The van der Waals surface area contributed by atoms with Gasteiger partial charge in [-0.25, -0.2) is 4.99 Å². The number of nitrogens with one attached hydrogen (secondary N) is 3. The van der Waals surface area contributed by atoms with Gasteiger partial charge in [0.1, 0.15) is 6.54 Å². The number of rotatable bonds is 8. The van der Waals surface area contributed by atoms with Crippen molar-refractivity contribution in [2.75, 3.05) is 38.0 Å². The predicted octanol–water partition coefficient (Wildman–Crippen LogP) is 3.06. The van der Waals surface area contributed by atoms with Crippen LogP contribution in [0.3, 0.4) is 0 Å². The summed E-state index contributed by atoms with van der Waals surface area (Å²) in [6.45, 7) is 5.76. The van der Waals surface area contributed by atoms with Crippen molar-refractivity contribution in [3.63, 3.8) is 0 Å². The van der Waals surface area contributed by atoms with Gasteiger partial charge < -0.3 is 16.0 Å². The fourth-order valence-electron chi connectivity index (χ4n) is 3.52. The van der Waals surface area contributed by atoms with Crippen LogP contribution in [0.15, 0.2) is 46.8 Å². The maximum Gasteiger partial charge on any atom is 0.246 e. The van der Waals surface area contributed by atoms with Crippen molar-refractivity contribution in [2.45, 2.75) is 25.8 Å². The van der Waals surface area contributed by atoms with E-state index in [-0.39, 0.29) is 12.5 Å². The van der Waals surface area contributed by atoms with Gasteiger partial charge in [0.2, 0.25) is 5.91 Å². The van der Waals surface area contributed by atoms with E-state index in [2.05, 4.69) is 49.3 Å². The minimum Gasteiger partial charge on any atom is -0.357 e. The van der Waals surface area contributed by atoms with Crippen LogP contribution in [0.1, 0.15) is 36.2 Å². The molecule has 7 heteroatoms. The Morgan fingerprint density at radius 1 is 1.27 bits per heavy atom. The predicted molar refractivity (Wildman–Crippen MR) is 125 cm³/mol. The van der Waals surface area contributed by atoms with Gasteiger partial charge in [-0.2, -0.15) is 0 Å². The molecule has 158 valence electrons. The second-order valence-electron chi connectivity index (χ2n) is 7.12. The molecule has 1 atom stereocenters. The van der Waals surface area contributed by atoms with Gasteiger partial charge in [-0.15, -0.1) is 17.8 Å². The van der Waals surface area contributed by atoms with Crippen LogP contribution < -0.4 is 16.0 Å². The van der Waals surface area contributed by atoms with Gasteiger partial charge in [0, 0.05) is 29.2 Å². The molecule has 1 aromatic heterocycles. The van der Waals surface area contributed by atoms with Gasteiger partial charge in [-0.1, -0.05) is 18.1 Å². The number of hydrogen-bond acceptors (Lipinski definition) is 4. The molecule has 0 saturated carbocycles. The molecule has 1 saturated heterocycles. The number of carbonyl (C=O) groups is 1. The van der Waals surface area contributed by atoms with Gasteiger partial charge in [-0.3, -0.25) is 9.69 Å². The molecule has 0 radical (unpaired) electrons. The quantitative estimate of drug-likeness (QED) is 0.347. The van der Waals surface area contributed by atoms with E-state index in [0.29, 0.717) is 17.7 Å². The summed E-state index contributed by atoms with van der Waals surface area (Å²) < 4.78 is 0. The van der Waals surface area contributed by atoms with Gasteiger partial charge in [0.15, 0.2) is 5.96 Å². The van der Waals surface area contributed by atoms with Crippen molar-refractivity contribution in [1.29, 1.82) is 0 Å². The van der Waals surface area contributed by atoms with E-state index >= 15 is 0 Å². The summed E-state index contributed by atoms with van der Waals surface area (Å²) in [6.07, 6.45) is 7.91. The Bertz CT molecular complexity index is 881. The third-order valence-corrected chi connectivity index (χ3v) is 5.93. The lowest BCUT2D eigenvalue weighted by Gasteiger charge is -2.27. The number of thiophene rings is 1. The van der Waals surface area contributed by atoms with Crippen molar-refractivity contribution < 1.29 is 4.79 Å². The molecule has 0 bridgehead atoms. The molecule has 1 aromatic carbocycles. The summed E-state index contributed by atoms with van der Waals surface area (Å²) in [4.78, 5) is 20.7. The zero-order valence-electron chi connectivity index (χ0n) is 17.4. The van der Waals surface area contributed by atoms with Gasteiger partial charge in [0.25, 0.3) is 0 Å². The normalized spacial score (nSPS) is 15.4. The van der Waals surface area contributed by atoms with Crippen LogP contribution in [0, 0.1) is 12.3 Å². The highest BCUT2D eigenvalue weighted by Crippen LogP contribution is 2.27. The second kappa shape index (κ2) is 11.4. The fraction of sp³-hybridized carbons (Fsp3) is 0.391. The molecular formula is C23H29N5OS. The molecule has 0 aliphatic carbocycles. The summed E-state index contributed by atoms with van der Waals surface area (Å²) in [5, 5.41) is 11.6. The number of carbonyl (C=O) groups excluding carboxylic acids is 1. The van der Waals surface area contributed by atoms with Crippen molar-refractivity contribution in [3.8, 4) is 12.3 Å². The summed E-state index contributed by atoms with van der Waals surface area (Å²) in [5.41, 5.74) is 1.41. The molecule has 1 amide bonds. The number of benzene rings is 1. The minimum atomic E-state index is -0.185. The molecule has 6 nitrogen and oxygen atoms in total. The third-order valence-electron chi connectivity index (χ3n) is 4.95. The molecule has 1 fully saturated rings. The van der Waals surface area contributed by atoms with Crippen molar-refractivity contribution >= 4 is 28.9 Å². The first-order valence-corrected chi connectivity index (χ1v) is 11.2. The Morgan fingerprint density at radius 3 is 2.80 bits per heavy atom. The van der Waals surface area contributed by atoms with Crippen LogP contribution in [0.5, 0.6) is 0 Å². The number of likely N-dealkylation sites (tertiary alicyclic amines) is 1.